The Kier molecular flexibility index (Phi) is 4.91. The number of methoxy groups -OCH3 is 1. The van der Waals surface area contributed by atoms with Crippen LogP contribution in [0.2, 0.25) is 0 Å². The van der Waals surface area contributed by atoms with Gasteiger partial charge in [-0.15, -0.1) is 0 Å². The number of carbonyl (C=O) groups excluding carboxylic acids is 2. The quantitative estimate of drug-likeness (QED) is 0.757. The molecule has 3 fully saturated rings. The Bertz CT molecular complexity index is 822. The highest BCUT2D eigenvalue weighted by Crippen LogP contribution is 2.44. The maximum atomic E-state index is 13.1. The van der Waals surface area contributed by atoms with E-state index in [0.29, 0.717) is 5.69 Å². The number of benzene rings is 1. The molecule has 1 aromatic carbocycles. The summed E-state index contributed by atoms with van der Waals surface area (Å²) in [6, 6.07) is 6.57. The fourth-order valence-electron chi connectivity index (χ4n) is 3.91. The summed E-state index contributed by atoms with van der Waals surface area (Å²) in [5, 5.41) is 2.74. The second-order valence-electron chi connectivity index (χ2n) is 8.12. The van der Waals surface area contributed by atoms with Gasteiger partial charge in [-0.1, -0.05) is 12.1 Å². The Morgan fingerprint density at radius 3 is 2.28 bits per heavy atom. The molecule has 29 heavy (non-hydrogen) atoms. The van der Waals surface area contributed by atoms with E-state index >= 15 is 0 Å². The molecule has 0 radical (unpaired) electrons. The van der Waals surface area contributed by atoms with Crippen LogP contribution in [0.3, 0.4) is 0 Å². The number of rotatable bonds is 3. The molecule has 3 aliphatic heterocycles. The van der Waals surface area contributed by atoms with Crippen molar-refractivity contribution in [3.63, 3.8) is 0 Å². The van der Waals surface area contributed by atoms with Gasteiger partial charge in [0.15, 0.2) is 24.0 Å². The van der Waals surface area contributed by atoms with E-state index in [4.69, 9.17) is 28.4 Å². The second-order valence-corrected chi connectivity index (χ2v) is 8.12. The number of para-hydroxylation sites is 1. The van der Waals surface area contributed by atoms with E-state index in [1.807, 2.05) is 0 Å². The van der Waals surface area contributed by atoms with Crippen molar-refractivity contribution in [3.05, 3.63) is 29.8 Å². The molecule has 1 amide bonds. The molecular formula is C20H25NO8. The van der Waals surface area contributed by atoms with Crippen LogP contribution in [-0.2, 0) is 33.2 Å². The van der Waals surface area contributed by atoms with Crippen molar-refractivity contribution in [2.24, 2.45) is 0 Å². The highest BCUT2D eigenvalue weighted by molar-refractivity contribution is 6.02. The fraction of sp³-hybridized carbons (Fsp3) is 0.600. The molecule has 9 heteroatoms. The van der Waals surface area contributed by atoms with E-state index in [1.54, 1.807) is 52.0 Å². The molecule has 0 spiro atoms. The normalized spacial score (nSPS) is 34.2. The van der Waals surface area contributed by atoms with Gasteiger partial charge in [0.05, 0.1) is 18.4 Å². The lowest BCUT2D eigenvalue weighted by Gasteiger charge is -2.36. The van der Waals surface area contributed by atoms with Gasteiger partial charge < -0.3 is 33.7 Å². The number of carbonyl (C=O) groups is 2. The smallest absolute Gasteiger partial charge is 0.339 e. The zero-order chi connectivity index (χ0) is 21.0. The van der Waals surface area contributed by atoms with E-state index in [-0.39, 0.29) is 5.56 Å². The number of esters is 1. The van der Waals surface area contributed by atoms with Crippen molar-refractivity contribution in [1.82, 2.24) is 0 Å². The summed E-state index contributed by atoms with van der Waals surface area (Å²) in [4.78, 5) is 25.1. The maximum absolute atomic E-state index is 13.1. The van der Waals surface area contributed by atoms with Crippen molar-refractivity contribution in [2.75, 3.05) is 12.4 Å². The molecule has 9 nitrogen and oxygen atoms in total. The highest BCUT2D eigenvalue weighted by atomic mass is 16.9. The first-order valence-electron chi connectivity index (χ1n) is 9.45. The third-order valence-corrected chi connectivity index (χ3v) is 5.00. The van der Waals surface area contributed by atoms with Gasteiger partial charge in [0, 0.05) is 0 Å². The molecule has 1 N–H and O–H groups in total. The molecule has 1 aromatic rings. The number of hydrogen-bond acceptors (Lipinski definition) is 8. The first kappa shape index (κ1) is 20.2. The Morgan fingerprint density at radius 2 is 1.55 bits per heavy atom. The number of nitrogens with one attached hydrogen (secondary N) is 1. The van der Waals surface area contributed by atoms with Gasteiger partial charge in [-0.05, 0) is 39.8 Å². The molecular weight excluding hydrogens is 382 g/mol. The number of fused-ring (bicyclic) bond motifs is 3. The molecule has 0 aliphatic carbocycles. The highest BCUT2D eigenvalue weighted by Gasteiger charge is 2.62. The molecule has 3 heterocycles. The van der Waals surface area contributed by atoms with E-state index in [9.17, 15) is 9.59 Å². The van der Waals surface area contributed by atoms with Gasteiger partial charge in [-0.25, -0.2) is 4.79 Å². The summed E-state index contributed by atoms with van der Waals surface area (Å²) < 4.78 is 34.4. The number of hydrogen-bond donors (Lipinski definition) is 1. The summed E-state index contributed by atoms with van der Waals surface area (Å²) in [5.41, 5.74) is 0.549. The SMILES string of the molecule is COC(=O)c1ccccc1NC(=O)[C@@H]1O[C@@H]2OC(C)(C)O[C@@H]2[C@H]2OC(C)(C)O[C@@H]21. The number of ether oxygens (including phenoxy) is 6. The Balaban J connectivity index is 1.59. The van der Waals surface area contributed by atoms with Crippen molar-refractivity contribution < 1.29 is 38.0 Å². The minimum atomic E-state index is -1.02. The van der Waals surface area contributed by atoms with Crippen LogP contribution in [-0.4, -0.2) is 61.3 Å². The zero-order valence-corrected chi connectivity index (χ0v) is 17.0. The molecule has 0 saturated carbocycles. The molecule has 3 aliphatic rings. The van der Waals surface area contributed by atoms with Crippen LogP contribution in [0.1, 0.15) is 38.1 Å². The molecule has 0 bridgehead atoms. The summed E-state index contributed by atoms with van der Waals surface area (Å²) in [5.74, 6) is -2.83. The molecule has 158 valence electrons. The van der Waals surface area contributed by atoms with Crippen LogP contribution in [0, 0.1) is 0 Å². The van der Waals surface area contributed by atoms with Crippen LogP contribution in [0.15, 0.2) is 24.3 Å². The van der Waals surface area contributed by atoms with E-state index < -0.39 is 54.2 Å². The zero-order valence-electron chi connectivity index (χ0n) is 17.0. The van der Waals surface area contributed by atoms with Gasteiger partial charge in [-0.2, -0.15) is 0 Å². The van der Waals surface area contributed by atoms with E-state index in [2.05, 4.69) is 5.32 Å². The van der Waals surface area contributed by atoms with Crippen molar-refractivity contribution >= 4 is 17.6 Å². The Hall–Kier alpha value is -2.04. The Labute approximate surface area is 168 Å². The first-order chi connectivity index (χ1) is 13.6. The minimum Gasteiger partial charge on any atom is -0.465 e. The second kappa shape index (κ2) is 7.03. The summed E-state index contributed by atoms with van der Waals surface area (Å²) >= 11 is 0. The van der Waals surface area contributed by atoms with Crippen molar-refractivity contribution in [2.45, 2.75) is 70.0 Å². The lowest BCUT2D eigenvalue weighted by atomic mass is 9.98. The van der Waals surface area contributed by atoms with Crippen molar-refractivity contribution in [1.29, 1.82) is 0 Å². The van der Waals surface area contributed by atoms with Gasteiger partial charge in [0.1, 0.15) is 18.3 Å². The summed E-state index contributed by atoms with van der Waals surface area (Å²) in [6.45, 7) is 7.07. The topological polar surface area (TPSA) is 102 Å². The summed E-state index contributed by atoms with van der Waals surface area (Å²) in [7, 11) is 1.28. The lowest BCUT2D eigenvalue weighted by molar-refractivity contribution is -0.229. The van der Waals surface area contributed by atoms with Crippen LogP contribution < -0.4 is 5.32 Å². The monoisotopic (exact) mass is 407 g/mol. The maximum Gasteiger partial charge on any atom is 0.339 e. The van der Waals surface area contributed by atoms with Crippen molar-refractivity contribution in [3.8, 4) is 0 Å². The molecule has 0 unspecified atom stereocenters. The summed E-state index contributed by atoms with van der Waals surface area (Å²) in [6.07, 6.45) is -3.57. The van der Waals surface area contributed by atoms with Crippen LogP contribution in [0.4, 0.5) is 5.69 Å². The standard InChI is InChI=1S/C20H25NO8/c1-19(2)26-12-13(27-19)15-18(29-20(3,4)28-15)25-14(12)16(22)21-11-9-7-6-8-10(11)17(23)24-5/h6-9,12-15,18H,1-5H3,(H,21,22)/t12-,13-,14+,15+,18+/m0/s1. The largest absolute Gasteiger partial charge is 0.465 e. The average molecular weight is 407 g/mol. The predicted molar refractivity (Wildman–Crippen MR) is 98.9 cm³/mol. The van der Waals surface area contributed by atoms with Gasteiger partial charge in [0.2, 0.25) is 0 Å². The number of anilines is 1. The first-order valence-corrected chi connectivity index (χ1v) is 9.45. The fourth-order valence-corrected chi connectivity index (χ4v) is 3.91. The number of amides is 1. The van der Waals surface area contributed by atoms with E-state index in [0.717, 1.165) is 0 Å². The van der Waals surface area contributed by atoms with E-state index in [1.165, 1.54) is 7.11 Å². The van der Waals surface area contributed by atoms with Gasteiger partial charge >= 0.3 is 5.97 Å². The third kappa shape index (κ3) is 3.76. The third-order valence-electron chi connectivity index (χ3n) is 5.00. The Morgan fingerprint density at radius 1 is 0.931 bits per heavy atom. The molecule has 4 rings (SSSR count). The van der Waals surface area contributed by atoms with Crippen LogP contribution >= 0.6 is 0 Å². The minimum absolute atomic E-state index is 0.235. The lowest BCUT2D eigenvalue weighted by Crippen LogP contribution is -2.58. The predicted octanol–water partition coefficient (Wildman–Crippen LogP) is 1.81. The van der Waals surface area contributed by atoms with Crippen LogP contribution in [0.25, 0.3) is 0 Å². The molecule has 5 atom stereocenters. The molecule has 3 saturated heterocycles. The average Bonchev–Trinajstić information content (AvgIpc) is 3.14. The van der Waals surface area contributed by atoms with Gasteiger partial charge in [-0.3, -0.25) is 4.79 Å². The molecule has 0 aromatic heterocycles. The van der Waals surface area contributed by atoms with Crippen LogP contribution in [0.5, 0.6) is 0 Å². The van der Waals surface area contributed by atoms with Gasteiger partial charge in [0.25, 0.3) is 5.91 Å².